The fourth-order valence-corrected chi connectivity index (χ4v) is 2.64. The van der Waals surface area contributed by atoms with Gasteiger partial charge in [0.1, 0.15) is 11.4 Å². The summed E-state index contributed by atoms with van der Waals surface area (Å²) in [5.74, 6) is 0.519. The van der Waals surface area contributed by atoms with Crippen LogP contribution in [-0.4, -0.2) is 32.9 Å². The Balaban J connectivity index is 1.78. The molecule has 1 fully saturated rings. The summed E-state index contributed by atoms with van der Waals surface area (Å²) in [6, 6.07) is 1.76. The normalized spacial score (nSPS) is 19.1. The molecule has 2 aliphatic rings. The number of hydrogen-bond donors (Lipinski definition) is 1. The second-order valence-electron chi connectivity index (χ2n) is 5.46. The number of fused-ring (bicyclic) bond motifs is 3. The average molecular weight is 287 g/mol. The maximum Gasteiger partial charge on any atom is 0.228 e. The molecule has 0 saturated heterocycles. The van der Waals surface area contributed by atoms with Crippen molar-refractivity contribution in [2.45, 2.75) is 19.4 Å². The minimum atomic E-state index is -2.42. The molecule has 7 heteroatoms. The highest BCUT2D eigenvalue weighted by Crippen LogP contribution is 2.41. The van der Waals surface area contributed by atoms with Crippen LogP contribution in [0.25, 0.3) is 11.3 Å². The van der Waals surface area contributed by atoms with Gasteiger partial charge in [-0.2, -0.15) is 15.0 Å². The number of nitrogens with zero attached hydrogens (tertiary/aromatic N) is 5. The van der Waals surface area contributed by atoms with Gasteiger partial charge in [0.2, 0.25) is 5.91 Å². The van der Waals surface area contributed by atoms with Gasteiger partial charge >= 0.3 is 0 Å². The summed E-state index contributed by atoms with van der Waals surface area (Å²) in [4.78, 5) is 19.0. The molecule has 1 saturated carbocycles. The van der Waals surface area contributed by atoms with Crippen molar-refractivity contribution in [1.82, 2.24) is 20.0 Å². The molecule has 0 unspecified atom stereocenters. The minimum Gasteiger partial charge on any atom is -0.365 e. The number of hydrogen-bond acceptors (Lipinski definition) is 5. The van der Waals surface area contributed by atoms with Crippen molar-refractivity contribution in [3.05, 3.63) is 18.0 Å². The molecule has 4 rings (SSSR count). The molecule has 3 heterocycles. The summed E-state index contributed by atoms with van der Waals surface area (Å²) in [5.41, 5.74) is 2.56. The number of aromatic nitrogens is 4. The summed E-state index contributed by atoms with van der Waals surface area (Å²) in [7, 11) is 1.85. The number of amides is 1. The zero-order valence-electron chi connectivity index (χ0n) is 14.5. The van der Waals surface area contributed by atoms with Crippen LogP contribution in [0.5, 0.6) is 0 Å². The zero-order valence-corrected chi connectivity index (χ0v) is 11.5. The third-order valence-electron chi connectivity index (χ3n) is 3.82. The van der Waals surface area contributed by atoms with E-state index in [1.165, 1.54) is 0 Å². The van der Waals surface area contributed by atoms with E-state index in [4.69, 9.17) is 4.11 Å². The Hall–Kier alpha value is -2.44. The summed E-state index contributed by atoms with van der Waals surface area (Å²) in [5, 5.41) is 11.1. The van der Waals surface area contributed by atoms with Gasteiger partial charge in [0, 0.05) is 35.8 Å². The van der Waals surface area contributed by atoms with Crippen molar-refractivity contribution in [3.63, 3.8) is 0 Å². The van der Waals surface area contributed by atoms with Crippen LogP contribution in [0.4, 0.5) is 11.5 Å². The maximum atomic E-state index is 12.1. The van der Waals surface area contributed by atoms with Crippen molar-refractivity contribution >= 4 is 17.4 Å². The second-order valence-corrected chi connectivity index (χ2v) is 5.46. The van der Waals surface area contributed by atoms with Gasteiger partial charge in [-0.1, -0.05) is 0 Å². The van der Waals surface area contributed by atoms with E-state index in [0.29, 0.717) is 23.8 Å². The van der Waals surface area contributed by atoms with Crippen LogP contribution in [0.15, 0.2) is 12.3 Å². The number of carbonyl (C=O) groups excluding carboxylic acids is 1. The minimum absolute atomic E-state index is 0.0266. The fraction of sp³-hybridized carbons (Fsp3) is 0.429. The first-order valence-corrected chi connectivity index (χ1v) is 6.82. The molecule has 0 radical (unpaired) electrons. The van der Waals surface area contributed by atoms with Crippen molar-refractivity contribution in [1.29, 1.82) is 0 Å². The highest BCUT2D eigenvalue weighted by Gasteiger charge is 2.32. The highest BCUT2D eigenvalue weighted by atomic mass is 16.2. The van der Waals surface area contributed by atoms with Gasteiger partial charge in [0.05, 0.1) is 12.2 Å². The van der Waals surface area contributed by atoms with Gasteiger partial charge in [-0.15, -0.1) is 0 Å². The number of aryl methyl sites for hydroxylation is 1. The van der Waals surface area contributed by atoms with Gasteiger partial charge in [0.15, 0.2) is 5.82 Å². The van der Waals surface area contributed by atoms with Crippen molar-refractivity contribution in [2.24, 2.45) is 12.9 Å². The summed E-state index contributed by atoms with van der Waals surface area (Å²) in [6.07, 6.45) is 3.40. The summed E-state index contributed by atoms with van der Waals surface area (Å²) >= 11 is 0. The summed E-state index contributed by atoms with van der Waals surface area (Å²) in [6.45, 7) is -2.03. The Morgan fingerprint density at radius 1 is 1.48 bits per heavy atom. The average Bonchev–Trinajstić information content (AvgIpc) is 3.26. The molecule has 108 valence electrons. The van der Waals surface area contributed by atoms with E-state index in [0.717, 1.165) is 28.9 Å². The van der Waals surface area contributed by atoms with Crippen LogP contribution in [0, 0.1) is 5.92 Å². The topological polar surface area (TPSA) is 75.9 Å². The first-order valence-electron chi connectivity index (χ1n) is 8.32. The molecular formula is C14H16N6O. The lowest BCUT2D eigenvalue weighted by Crippen LogP contribution is -2.25. The first kappa shape index (κ1) is 9.49. The molecule has 1 N–H and O–H groups in total. The van der Waals surface area contributed by atoms with Crippen LogP contribution < -0.4 is 10.2 Å². The largest absolute Gasteiger partial charge is 0.365 e. The van der Waals surface area contributed by atoms with Gasteiger partial charge in [-0.3, -0.25) is 4.79 Å². The molecule has 0 atom stereocenters. The Bertz CT molecular complexity index is 826. The van der Waals surface area contributed by atoms with Crippen LogP contribution in [0.1, 0.15) is 22.6 Å². The summed E-state index contributed by atoms with van der Waals surface area (Å²) < 4.78 is 22.4. The van der Waals surface area contributed by atoms with Gasteiger partial charge in [0.25, 0.3) is 0 Å². The Morgan fingerprint density at radius 3 is 3.10 bits per heavy atom. The predicted octanol–water partition coefficient (Wildman–Crippen LogP) is 1.18. The first-order chi connectivity index (χ1) is 11.3. The fourth-order valence-electron chi connectivity index (χ4n) is 2.64. The lowest BCUT2D eigenvalue weighted by molar-refractivity contribution is -0.117. The molecule has 7 nitrogen and oxygen atoms in total. The molecule has 1 amide bonds. The van der Waals surface area contributed by atoms with Gasteiger partial charge < -0.3 is 10.2 Å². The second kappa shape index (κ2) is 4.28. The SMILES string of the molecule is [2H]C([2H])([2H])n1nc2c(n1)-c1ccnc(NC(=O)C3CC3)c1N(C)C2. The number of rotatable bonds is 2. The zero-order chi connectivity index (χ0) is 17.1. The quantitative estimate of drug-likeness (QED) is 0.897. The van der Waals surface area contributed by atoms with Gasteiger partial charge in [-0.05, 0) is 18.9 Å². The van der Waals surface area contributed by atoms with E-state index >= 15 is 0 Å². The van der Waals surface area contributed by atoms with Crippen LogP contribution in [0.3, 0.4) is 0 Å². The third-order valence-corrected chi connectivity index (χ3v) is 3.82. The molecule has 21 heavy (non-hydrogen) atoms. The molecule has 2 aromatic heterocycles. The van der Waals surface area contributed by atoms with Crippen molar-refractivity contribution < 1.29 is 8.91 Å². The molecule has 0 bridgehead atoms. The maximum absolute atomic E-state index is 12.1. The Kier molecular flexibility index (Phi) is 1.93. The van der Waals surface area contributed by atoms with Gasteiger partial charge in [-0.25, -0.2) is 4.98 Å². The lowest BCUT2D eigenvalue weighted by Gasteiger charge is -2.27. The van der Waals surface area contributed by atoms with E-state index in [1.807, 2.05) is 11.9 Å². The molecule has 2 aromatic rings. The molecule has 1 aliphatic heterocycles. The number of nitrogens with one attached hydrogen (secondary N) is 1. The monoisotopic (exact) mass is 287 g/mol. The lowest BCUT2D eigenvalue weighted by atomic mass is 10.0. The van der Waals surface area contributed by atoms with E-state index in [2.05, 4.69) is 20.5 Å². The predicted molar refractivity (Wildman–Crippen MR) is 77.7 cm³/mol. The standard InChI is InChI=1S/C14H16N6O/c1-19-7-10-11(18-20(2)17-10)9-5-6-15-13(12(9)19)16-14(21)8-3-4-8/h5-6,8H,3-4,7H2,1-2H3,(H,15,16,21)/i2D3. The molecule has 0 spiro atoms. The van der Waals surface area contributed by atoms with Crippen LogP contribution in [0.2, 0.25) is 0 Å². The van der Waals surface area contributed by atoms with E-state index < -0.39 is 6.98 Å². The van der Waals surface area contributed by atoms with Crippen LogP contribution >= 0.6 is 0 Å². The molecular weight excluding hydrogens is 268 g/mol. The Labute approximate surface area is 126 Å². The third kappa shape index (κ3) is 1.96. The van der Waals surface area contributed by atoms with Crippen LogP contribution in [-0.2, 0) is 18.3 Å². The number of carbonyl (C=O) groups is 1. The number of anilines is 2. The number of pyridine rings is 1. The van der Waals surface area contributed by atoms with Crippen molar-refractivity contribution in [2.75, 3.05) is 17.3 Å². The highest BCUT2D eigenvalue weighted by molar-refractivity contribution is 5.99. The van der Waals surface area contributed by atoms with E-state index in [-0.39, 0.29) is 11.8 Å². The Morgan fingerprint density at radius 2 is 2.33 bits per heavy atom. The molecule has 0 aromatic carbocycles. The smallest absolute Gasteiger partial charge is 0.228 e. The molecule has 1 aliphatic carbocycles. The van der Waals surface area contributed by atoms with E-state index in [9.17, 15) is 4.79 Å². The van der Waals surface area contributed by atoms with Crippen molar-refractivity contribution in [3.8, 4) is 11.3 Å². The van der Waals surface area contributed by atoms with E-state index in [1.54, 1.807) is 12.3 Å².